The zero-order valence-corrected chi connectivity index (χ0v) is 21.3. The van der Waals surface area contributed by atoms with Crippen molar-refractivity contribution in [3.8, 4) is 5.75 Å². The lowest BCUT2D eigenvalue weighted by atomic mass is 10.1. The van der Waals surface area contributed by atoms with E-state index in [0.29, 0.717) is 5.88 Å². The van der Waals surface area contributed by atoms with Crippen LogP contribution in [0.25, 0.3) is 10.8 Å². The van der Waals surface area contributed by atoms with Gasteiger partial charge in [-0.3, -0.25) is 0 Å². The highest BCUT2D eigenvalue weighted by atomic mass is 127. The molecule has 0 unspecified atom stereocenters. The van der Waals surface area contributed by atoms with Crippen LogP contribution in [0.3, 0.4) is 0 Å². The van der Waals surface area contributed by atoms with Gasteiger partial charge in [-0.2, -0.15) is 0 Å². The summed E-state index contributed by atoms with van der Waals surface area (Å²) in [5.41, 5.74) is 2.10. The summed E-state index contributed by atoms with van der Waals surface area (Å²) in [5.74, 6) is 1.48. The van der Waals surface area contributed by atoms with Gasteiger partial charge in [0.25, 0.3) is 0 Å². The monoisotopic (exact) mass is 580 g/mol. The maximum Gasteiger partial charge on any atom is 0.357 e. The van der Waals surface area contributed by atoms with Crippen LogP contribution in [-0.4, -0.2) is 20.1 Å². The Bertz CT molecular complexity index is 1290. The van der Waals surface area contributed by atoms with Gasteiger partial charge >= 0.3 is 21.2 Å². The van der Waals surface area contributed by atoms with Gasteiger partial charge in [0.15, 0.2) is 7.14 Å². The zero-order chi connectivity index (χ0) is 23.1. The fraction of sp³-hybridized carbons (Fsp3) is 0.120. The molecule has 4 rings (SSSR count). The first kappa shape index (κ1) is 24.5. The predicted molar refractivity (Wildman–Crippen MR) is 123 cm³/mol. The van der Waals surface area contributed by atoms with Crippen LogP contribution in [0.4, 0.5) is 0 Å². The smallest absolute Gasteiger partial charge is 0.357 e. The topological polar surface area (TPSA) is 66.4 Å². The molecule has 0 saturated carbocycles. The SMILES string of the molecule is COc1ccc([I+]c2ccc3cc(CCl)ccc3c2)cc1.Cc1ccc(S(=O)(=O)[O-])cc1. The highest BCUT2D eigenvalue weighted by Gasteiger charge is 2.16. The van der Waals surface area contributed by atoms with Crippen molar-refractivity contribution in [2.24, 2.45) is 0 Å². The number of hydrogen-bond donors (Lipinski definition) is 0. The molecule has 0 N–H and O–H groups in total. The van der Waals surface area contributed by atoms with Gasteiger partial charge in [0, 0.05) is 5.88 Å². The largest absolute Gasteiger partial charge is 0.744 e. The molecular formula is C25H22ClIO4S. The highest BCUT2D eigenvalue weighted by Crippen LogP contribution is 2.16. The van der Waals surface area contributed by atoms with E-state index in [-0.39, 0.29) is 26.1 Å². The molecule has 0 atom stereocenters. The molecule has 4 aromatic rings. The van der Waals surface area contributed by atoms with E-state index < -0.39 is 10.1 Å². The minimum atomic E-state index is -4.27. The molecule has 0 saturated heterocycles. The minimum Gasteiger partial charge on any atom is -0.744 e. The van der Waals surface area contributed by atoms with Crippen molar-refractivity contribution < 1.29 is 38.9 Å². The van der Waals surface area contributed by atoms with Gasteiger partial charge in [0.2, 0.25) is 0 Å². The van der Waals surface area contributed by atoms with Crippen molar-refractivity contribution in [1.29, 1.82) is 0 Å². The summed E-state index contributed by atoms with van der Waals surface area (Å²) in [5, 5.41) is 2.55. The first-order valence-electron chi connectivity index (χ1n) is 9.68. The molecule has 32 heavy (non-hydrogen) atoms. The van der Waals surface area contributed by atoms with Gasteiger partial charge in [-0.05, 0) is 83.9 Å². The quantitative estimate of drug-likeness (QED) is 0.207. The number of rotatable bonds is 5. The van der Waals surface area contributed by atoms with E-state index in [4.69, 9.17) is 16.3 Å². The molecule has 0 aromatic heterocycles. The molecule has 0 fully saturated rings. The Morgan fingerprint density at radius 2 is 1.44 bits per heavy atom. The normalized spacial score (nSPS) is 11.0. The van der Waals surface area contributed by atoms with E-state index in [1.54, 1.807) is 19.2 Å². The number of hydrogen-bond acceptors (Lipinski definition) is 4. The first-order valence-corrected chi connectivity index (χ1v) is 13.8. The Hall–Kier alpha value is -2.13. The Labute approximate surface area is 204 Å². The van der Waals surface area contributed by atoms with Crippen LogP contribution in [0.15, 0.2) is 89.8 Å². The minimum absolute atomic E-state index is 0.158. The lowest BCUT2D eigenvalue weighted by Crippen LogP contribution is -3.61. The maximum absolute atomic E-state index is 10.4. The number of fused-ring (bicyclic) bond motifs is 1. The molecule has 0 heterocycles. The molecule has 0 radical (unpaired) electrons. The van der Waals surface area contributed by atoms with Crippen molar-refractivity contribution in [2.75, 3.05) is 7.11 Å². The van der Waals surface area contributed by atoms with Crippen LogP contribution in [0.1, 0.15) is 11.1 Å². The van der Waals surface area contributed by atoms with Crippen LogP contribution < -0.4 is 25.9 Å². The zero-order valence-electron chi connectivity index (χ0n) is 17.6. The maximum atomic E-state index is 10.4. The predicted octanol–water partition coefficient (Wildman–Crippen LogP) is 2.61. The summed E-state index contributed by atoms with van der Waals surface area (Å²) >= 11 is 5.73. The van der Waals surface area contributed by atoms with E-state index in [1.165, 1.54) is 35.6 Å². The summed E-state index contributed by atoms with van der Waals surface area (Å²) in [4.78, 5) is -0.178. The van der Waals surface area contributed by atoms with Gasteiger partial charge < -0.3 is 9.29 Å². The van der Waals surface area contributed by atoms with E-state index in [0.717, 1.165) is 11.3 Å². The van der Waals surface area contributed by atoms with Crippen molar-refractivity contribution in [2.45, 2.75) is 17.7 Å². The first-order chi connectivity index (χ1) is 15.3. The second-order valence-corrected chi connectivity index (χ2v) is 11.7. The van der Waals surface area contributed by atoms with Crippen LogP contribution >= 0.6 is 11.6 Å². The molecule has 4 aromatic carbocycles. The molecule has 0 aliphatic heterocycles. The molecule has 166 valence electrons. The summed E-state index contributed by atoms with van der Waals surface area (Å²) < 4.78 is 39.2. The van der Waals surface area contributed by atoms with Gasteiger partial charge in [0.1, 0.15) is 15.9 Å². The average Bonchev–Trinajstić information content (AvgIpc) is 2.79. The Balaban J connectivity index is 0.000000222. The van der Waals surface area contributed by atoms with Crippen LogP contribution in [-0.2, 0) is 16.0 Å². The van der Waals surface area contributed by atoms with E-state index in [2.05, 4.69) is 48.5 Å². The van der Waals surface area contributed by atoms with Crippen LogP contribution in [0.2, 0.25) is 0 Å². The number of alkyl halides is 1. The molecule has 0 bridgehead atoms. The van der Waals surface area contributed by atoms with Gasteiger partial charge in [-0.25, -0.2) is 8.42 Å². The number of ether oxygens (including phenoxy) is 1. The van der Waals surface area contributed by atoms with E-state index >= 15 is 0 Å². The van der Waals surface area contributed by atoms with Crippen LogP contribution in [0.5, 0.6) is 5.75 Å². The summed E-state index contributed by atoms with van der Waals surface area (Å²) in [6.07, 6.45) is 0. The van der Waals surface area contributed by atoms with Crippen molar-refractivity contribution in [1.82, 2.24) is 0 Å². The van der Waals surface area contributed by atoms with Crippen molar-refractivity contribution in [3.63, 3.8) is 0 Å². The molecular weight excluding hydrogens is 559 g/mol. The average molecular weight is 581 g/mol. The molecule has 0 aliphatic carbocycles. The molecule has 0 amide bonds. The third-order valence-electron chi connectivity index (χ3n) is 4.60. The number of benzene rings is 4. The van der Waals surface area contributed by atoms with Crippen molar-refractivity contribution in [3.05, 3.63) is 103 Å². The lowest BCUT2D eigenvalue weighted by molar-refractivity contribution is -0.597. The van der Waals surface area contributed by atoms with Crippen molar-refractivity contribution >= 4 is 32.5 Å². The molecule has 4 nitrogen and oxygen atoms in total. The molecule has 7 heteroatoms. The third kappa shape index (κ3) is 6.93. The second kappa shape index (κ2) is 11.1. The third-order valence-corrected chi connectivity index (χ3v) is 8.39. The number of halogens is 2. The fourth-order valence-electron chi connectivity index (χ4n) is 2.87. The molecule has 0 spiro atoms. The standard InChI is InChI=1S/C18H15ClIO.C7H8O3S/c1-21-18-8-6-16(7-9-18)20-17-5-4-14-10-13(12-19)2-3-15(14)11-17;1-6-2-4-7(5-3-6)11(8,9)10/h2-11H,12H2,1H3;2-5H,1H3,(H,8,9,10)/q+1;/p-1. The van der Waals surface area contributed by atoms with Gasteiger partial charge in [0.05, 0.1) is 12.0 Å². The summed E-state index contributed by atoms with van der Waals surface area (Å²) in [7, 11) is -2.57. The second-order valence-electron chi connectivity index (χ2n) is 6.98. The lowest BCUT2D eigenvalue weighted by Gasteiger charge is -2.05. The Morgan fingerprint density at radius 3 is 2.03 bits per heavy atom. The van der Waals surface area contributed by atoms with Crippen LogP contribution in [0, 0.1) is 14.1 Å². The Kier molecular flexibility index (Phi) is 8.53. The number of aryl methyl sites for hydroxylation is 1. The van der Waals surface area contributed by atoms with Gasteiger partial charge in [-0.15, -0.1) is 11.6 Å². The number of methoxy groups -OCH3 is 1. The highest BCUT2D eigenvalue weighted by molar-refractivity contribution is 7.85. The molecule has 0 aliphatic rings. The summed E-state index contributed by atoms with van der Waals surface area (Å²) in [6.45, 7) is 1.82. The van der Waals surface area contributed by atoms with E-state index in [1.807, 2.05) is 19.1 Å². The Morgan fingerprint density at radius 1 is 0.844 bits per heavy atom. The summed E-state index contributed by atoms with van der Waals surface area (Å²) in [6, 6.07) is 27.3. The fourth-order valence-corrected chi connectivity index (χ4v) is 5.80. The van der Waals surface area contributed by atoms with Gasteiger partial charge in [-0.1, -0.05) is 29.8 Å². The van der Waals surface area contributed by atoms with E-state index in [9.17, 15) is 13.0 Å².